The molecule has 0 aliphatic heterocycles. The van der Waals surface area contributed by atoms with Crippen molar-refractivity contribution in [1.82, 2.24) is 10.6 Å². The fourth-order valence-corrected chi connectivity index (χ4v) is 2.69. The summed E-state index contributed by atoms with van der Waals surface area (Å²) >= 11 is 0. The first-order valence-electron chi connectivity index (χ1n) is 8.14. The van der Waals surface area contributed by atoms with Gasteiger partial charge in [-0.05, 0) is 52.4 Å². The molecular formula is C16H32N2O3. The van der Waals surface area contributed by atoms with E-state index in [0.717, 1.165) is 31.6 Å². The molecular weight excluding hydrogens is 268 g/mol. The molecule has 1 aliphatic carbocycles. The van der Waals surface area contributed by atoms with Crippen LogP contribution in [0.4, 0.5) is 4.79 Å². The zero-order chi connectivity index (χ0) is 15.9. The largest absolute Gasteiger partial charge is 0.444 e. The molecule has 1 saturated carbocycles. The van der Waals surface area contributed by atoms with Crippen molar-refractivity contribution in [1.29, 1.82) is 0 Å². The van der Waals surface area contributed by atoms with Gasteiger partial charge in [-0.25, -0.2) is 4.79 Å². The Morgan fingerprint density at radius 3 is 2.43 bits per heavy atom. The average molecular weight is 300 g/mol. The van der Waals surface area contributed by atoms with Crippen LogP contribution in [0.25, 0.3) is 0 Å². The van der Waals surface area contributed by atoms with Gasteiger partial charge in [-0.15, -0.1) is 0 Å². The second-order valence-corrected chi connectivity index (χ2v) is 7.18. The third kappa shape index (κ3) is 7.67. The minimum absolute atomic E-state index is 0.397. The first kappa shape index (κ1) is 18.2. The lowest BCUT2D eigenvalue weighted by molar-refractivity contribution is -0.00834. The van der Waals surface area contributed by atoms with E-state index in [1.807, 2.05) is 20.8 Å². The Kier molecular flexibility index (Phi) is 6.94. The molecule has 0 aromatic rings. The maximum Gasteiger partial charge on any atom is 0.407 e. The lowest BCUT2D eigenvalue weighted by Gasteiger charge is -2.36. The molecule has 1 fully saturated rings. The molecule has 0 aromatic carbocycles. The number of carbonyl (C=O) groups excluding carboxylic acids is 1. The van der Waals surface area contributed by atoms with E-state index < -0.39 is 17.3 Å². The molecule has 0 unspecified atom stereocenters. The summed E-state index contributed by atoms with van der Waals surface area (Å²) in [5.74, 6) is 0.777. The van der Waals surface area contributed by atoms with Gasteiger partial charge in [-0.2, -0.15) is 0 Å². The summed E-state index contributed by atoms with van der Waals surface area (Å²) in [6.07, 6.45) is 4.79. The van der Waals surface area contributed by atoms with Crippen molar-refractivity contribution in [2.45, 2.75) is 71.0 Å². The molecule has 1 rings (SSSR count). The van der Waals surface area contributed by atoms with Crippen LogP contribution in [0.5, 0.6) is 0 Å². The number of alkyl carbamates (subject to hydrolysis) is 1. The predicted octanol–water partition coefficient (Wildman–Crippen LogP) is 2.43. The quantitative estimate of drug-likeness (QED) is 0.659. The second kappa shape index (κ2) is 7.99. The number of aliphatic hydroxyl groups is 1. The van der Waals surface area contributed by atoms with Gasteiger partial charge >= 0.3 is 6.09 Å². The molecule has 0 bridgehead atoms. The fraction of sp³-hybridized carbons (Fsp3) is 0.938. The van der Waals surface area contributed by atoms with Crippen LogP contribution in [0.15, 0.2) is 0 Å². The molecule has 0 spiro atoms. The van der Waals surface area contributed by atoms with E-state index in [0.29, 0.717) is 19.6 Å². The molecule has 0 saturated heterocycles. The summed E-state index contributed by atoms with van der Waals surface area (Å²) in [5, 5.41) is 16.4. The summed E-state index contributed by atoms with van der Waals surface area (Å²) in [4.78, 5) is 11.4. The van der Waals surface area contributed by atoms with E-state index in [1.54, 1.807) is 0 Å². The molecule has 5 heteroatoms. The fourth-order valence-electron chi connectivity index (χ4n) is 2.69. The van der Waals surface area contributed by atoms with Crippen LogP contribution in [-0.2, 0) is 4.74 Å². The SMILES string of the molecule is CCC1CCC(O)(CNCCNC(=O)OC(C)(C)C)CC1. The minimum Gasteiger partial charge on any atom is -0.444 e. The van der Waals surface area contributed by atoms with Crippen LogP contribution >= 0.6 is 0 Å². The van der Waals surface area contributed by atoms with E-state index in [1.165, 1.54) is 6.42 Å². The van der Waals surface area contributed by atoms with Crippen molar-refractivity contribution >= 4 is 6.09 Å². The third-order valence-electron chi connectivity index (χ3n) is 4.04. The summed E-state index contributed by atoms with van der Waals surface area (Å²) < 4.78 is 5.15. The van der Waals surface area contributed by atoms with Crippen LogP contribution in [0.1, 0.15) is 59.8 Å². The van der Waals surface area contributed by atoms with Crippen molar-refractivity contribution in [3.63, 3.8) is 0 Å². The van der Waals surface area contributed by atoms with Gasteiger partial charge in [0.2, 0.25) is 0 Å². The Balaban J connectivity index is 2.10. The molecule has 0 heterocycles. The molecule has 21 heavy (non-hydrogen) atoms. The molecule has 1 amide bonds. The van der Waals surface area contributed by atoms with Gasteiger partial charge in [0.15, 0.2) is 0 Å². The highest BCUT2D eigenvalue weighted by Gasteiger charge is 2.31. The third-order valence-corrected chi connectivity index (χ3v) is 4.04. The minimum atomic E-state index is -0.572. The number of ether oxygens (including phenoxy) is 1. The Labute approximate surface area is 128 Å². The summed E-state index contributed by atoms with van der Waals surface area (Å²) in [7, 11) is 0. The number of hydrogen-bond donors (Lipinski definition) is 3. The number of amides is 1. The van der Waals surface area contributed by atoms with Crippen LogP contribution in [0.2, 0.25) is 0 Å². The van der Waals surface area contributed by atoms with E-state index in [9.17, 15) is 9.90 Å². The average Bonchev–Trinajstić information content (AvgIpc) is 2.37. The van der Waals surface area contributed by atoms with Crippen molar-refractivity contribution in [2.24, 2.45) is 5.92 Å². The van der Waals surface area contributed by atoms with Crippen molar-refractivity contribution in [3.8, 4) is 0 Å². The van der Waals surface area contributed by atoms with Gasteiger partial charge in [-0.1, -0.05) is 13.3 Å². The van der Waals surface area contributed by atoms with Gasteiger partial charge in [0.05, 0.1) is 5.60 Å². The topological polar surface area (TPSA) is 70.6 Å². The van der Waals surface area contributed by atoms with Gasteiger partial charge in [0, 0.05) is 19.6 Å². The zero-order valence-electron chi connectivity index (χ0n) is 14.0. The Hall–Kier alpha value is -0.810. The summed E-state index contributed by atoms with van der Waals surface area (Å²) in [6.45, 7) is 9.48. The van der Waals surface area contributed by atoms with Crippen LogP contribution in [0, 0.1) is 5.92 Å². The number of carbonyl (C=O) groups is 1. The Morgan fingerprint density at radius 1 is 1.29 bits per heavy atom. The highest BCUT2D eigenvalue weighted by atomic mass is 16.6. The van der Waals surface area contributed by atoms with Gasteiger partial charge in [0.25, 0.3) is 0 Å². The number of rotatable bonds is 6. The van der Waals surface area contributed by atoms with Gasteiger partial charge in [-0.3, -0.25) is 0 Å². The van der Waals surface area contributed by atoms with Crippen LogP contribution < -0.4 is 10.6 Å². The molecule has 1 aliphatic rings. The Bertz CT molecular complexity index is 318. The number of hydrogen-bond acceptors (Lipinski definition) is 4. The van der Waals surface area contributed by atoms with E-state index in [2.05, 4.69) is 17.6 Å². The van der Waals surface area contributed by atoms with Gasteiger partial charge < -0.3 is 20.5 Å². The zero-order valence-corrected chi connectivity index (χ0v) is 14.0. The monoisotopic (exact) mass is 300 g/mol. The smallest absolute Gasteiger partial charge is 0.407 e. The van der Waals surface area contributed by atoms with Crippen molar-refractivity contribution < 1.29 is 14.6 Å². The van der Waals surface area contributed by atoms with E-state index in [-0.39, 0.29) is 0 Å². The predicted molar refractivity (Wildman–Crippen MR) is 84.3 cm³/mol. The molecule has 5 nitrogen and oxygen atoms in total. The summed E-state index contributed by atoms with van der Waals surface area (Å²) in [5.41, 5.74) is -1.04. The van der Waals surface area contributed by atoms with Gasteiger partial charge in [0.1, 0.15) is 5.60 Å². The van der Waals surface area contributed by atoms with E-state index in [4.69, 9.17) is 4.74 Å². The number of nitrogens with one attached hydrogen (secondary N) is 2. The molecule has 124 valence electrons. The normalized spacial score (nSPS) is 26.4. The Morgan fingerprint density at radius 2 is 1.90 bits per heavy atom. The lowest BCUT2D eigenvalue weighted by atomic mass is 9.78. The first-order valence-corrected chi connectivity index (χ1v) is 8.14. The maximum atomic E-state index is 11.4. The highest BCUT2D eigenvalue weighted by Crippen LogP contribution is 2.33. The van der Waals surface area contributed by atoms with Crippen molar-refractivity contribution in [3.05, 3.63) is 0 Å². The van der Waals surface area contributed by atoms with Crippen molar-refractivity contribution in [2.75, 3.05) is 19.6 Å². The first-order chi connectivity index (χ1) is 9.74. The molecule has 0 aromatic heterocycles. The van der Waals surface area contributed by atoms with Crippen LogP contribution in [0.3, 0.4) is 0 Å². The molecule has 3 N–H and O–H groups in total. The molecule has 0 radical (unpaired) electrons. The summed E-state index contributed by atoms with van der Waals surface area (Å²) in [6, 6.07) is 0. The second-order valence-electron chi connectivity index (χ2n) is 7.18. The molecule has 0 atom stereocenters. The van der Waals surface area contributed by atoms with Crippen LogP contribution in [-0.4, -0.2) is 42.0 Å². The maximum absolute atomic E-state index is 11.4. The highest BCUT2D eigenvalue weighted by molar-refractivity contribution is 5.67. The lowest BCUT2D eigenvalue weighted by Crippen LogP contribution is -2.45. The van der Waals surface area contributed by atoms with E-state index >= 15 is 0 Å². The standard InChI is InChI=1S/C16H32N2O3/c1-5-13-6-8-16(20,9-7-13)12-17-10-11-18-14(19)21-15(2,3)4/h13,17,20H,5-12H2,1-4H3,(H,18,19).